The van der Waals surface area contributed by atoms with E-state index in [-0.39, 0.29) is 5.96 Å². The number of nitrogens with one attached hydrogen (secondary N) is 2. The maximum absolute atomic E-state index is 8.74. The Labute approximate surface area is 95.5 Å². The van der Waals surface area contributed by atoms with Crippen molar-refractivity contribution in [1.29, 1.82) is 5.41 Å². The lowest BCUT2D eigenvalue weighted by molar-refractivity contribution is 0.381. The van der Waals surface area contributed by atoms with Crippen LogP contribution in [0.2, 0.25) is 0 Å². The highest BCUT2D eigenvalue weighted by Crippen LogP contribution is 2.27. The Kier molecular flexibility index (Phi) is 6.31. The first-order valence-corrected chi connectivity index (χ1v) is 6.40. The summed E-state index contributed by atoms with van der Waals surface area (Å²) in [5.74, 6) is 0.836. The third-order valence-electron chi connectivity index (χ3n) is 2.49. The van der Waals surface area contributed by atoms with Crippen LogP contribution in [0.25, 0.3) is 0 Å². The molecular weight excluding hydrogens is 234 g/mol. The average molecular weight is 253 g/mol. The molecule has 1 aliphatic carbocycles. The highest BCUT2D eigenvalue weighted by molar-refractivity contribution is 7.79. The van der Waals surface area contributed by atoms with E-state index in [4.69, 9.17) is 28.7 Å². The highest BCUT2D eigenvalue weighted by atomic mass is 32.3. The lowest BCUT2D eigenvalue weighted by Crippen LogP contribution is -2.40. The third kappa shape index (κ3) is 9.69. The van der Waals surface area contributed by atoms with Gasteiger partial charge in [-0.3, -0.25) is 14.5 Å². The van der Waals surface area contributed by atoms with Crippen LogP contribution in [0.1, 0.15) is 32.6 Å². The van der Waals surface area contributed by atoms with Crippen LogP contribution < -0.4 is 11.1 Å². The molecule has 0 bridgehead atoms. The van der Waals surface area contributed by atoms with E-state index in [1.54, 1.807) is 0 Å². The number of hydrogen-bond donors (Lipinski definition) is 5. The molecule has 1 fully saturated rings. The molecule has 8 heteroatoms. The number of hydrogen-bond acceptors (Lipinski definition) is 3. The average Bonchev–Trinajstić information content (AvgIpc) is 2.49. The van der Waals surface area contributed by atoms with Gasteiger partial charge in [-0.15, -0.1) is 0 Å². The summed E-state index contributed by atoms with van der Waals surface area (Å²) in [4.78, 5) is 0. The molecule has 7 nitrogen and oxygen atoms in total. The van der Waals surface area contributed by atoms with E-state index in [2.05, 4.69) is 12.2 Å². The van der Waals surface area contributed by atoms with Crippen molar-refractivity contribution in [1.82, 2.24) is 5.32 Å². The fourth-order valence-corrected chi connectivity index (χ4v) is 1.82. The topological polar surface area (TPSA) is 136 Å². The largest absolute Gasteiger partial charge is 0.394 e. The molecule has 0 saturated heterocycles. The van der Waals surface area contributed by atoms with Crippen LogP contribution in [-0.2, 0) is 10.4 Å². The van der Waals surface area contributed by atoms with Crippen molar-refractivity contribution in [3.05, 3.63) is 0 Å². The van der Waals surface area contributed by atoms with Gasteiger partial charge in [0.05, 0.1) is 0 Å². The lowest BCUT2D eigenvalue weighted by atomic mass is 10.0. The third-order valence-corrected chi connectivity index (χ3v) is 2.49. The highest BCUT2D eigenvalue weighted by Gasteiger charge is 2.21. The van der Waals surface area contributed by atoms with Gasteiger partial charge in [-0.2, -0.15) is 8.42 Å². The van der Waals surface area contributed by atoms with E-state index in [9.17, 15) is 0 Å². The Morgan fingerprint density at radius 3 is 2.12 bits per heavy atom. The summed E-state index contributed by atoms with van der Waals surface area (Å²) in [7, 11) is -4.67. The molecule has 0 aromatic carbocycles. The first-order valence-electron chi connectivity index (χ1n) is 5.00. The Balaban J connectivity index is 0.000000385. The summed E-state index contributed by atoms with van der Waals surface area (Å²) in [6, 6.07) is 0.384. The van der Waals surface area contributed by atoms with Gasteiger partial charge < -0.3 is 11.1 Å². The molecule has 0 aromatic heterocycles. The maximum atomic E-state index is 8.74. The first-order chi connectivity index (χ1) is 7.20. The van der Waals surface area contributed by atoms with Crippen LogP contribution in [0, 0.1) is 11.3 Å². The summed E-state index contributed by atoms with van der Waals surface area (Å²) in [5, 5.41) is 10.0. The van der Waals surface area contributed by atoms with Crippen molar-refractivity contribution in [3.8, 4) is 0 Å². The second kappa shape index (κ2) is 6.66. The molecule has 1 aliphatic rings. The zero-order valence-electron chi connectivity index (χ0n) is 9.18. The van der Waals surface area contributed by atoms with Crippen molar-refractivity contribution in [2.45, 2.75) is 38.6 Å². The molecule has 0 aromatic rings. The van der Waals surface area contributed by atoms with E-state index in [0.717, 1.165) is 5.92 Å². The van der Waals surface area contributed by atoms with Gasteiger partial charge in [0.25, 0.3) is 0 Å². The molecule has 0 radical (unpaired) electrons. The first kappa shape index (κ1) is 15.1. The number of rotatable bonds is 2. The van der Waals surface area contributed by atoms with Gasteiger partial charge in [0.1, 0.15) is 0 Å². The quantitative estimate of drug-likeness (QED) is 0.274. The fourth-order valence-electron chi connectivity index (χ4n) is 1.82. The minimum absolute atomic E-state index is 0.101. The molecule has 96 valence electrons. The van der Waals surface area contributed by atoms with Gasteiger partial charge in [0.2, 0.25) is 0 Å². The van der Waals surface area contributed by atoms with Crippen molar-refractivity contribution in [2.24, 2.45) is 11.7 Å². The van der Waals surface area contributed by atoms with E-state index < -0.39 is 10.4 Å². The summed E-state index contributed by atoms with van der Waals surface area (Å²) in [6.07, 6.45) is 5.27. The Bertz CT molecular complexity index is 303. The smallest absolute Gasteiger partial charge is 0.370 e. The Hall–Kier alpha value is -0.860. The van der Waals surface area contributed by atoms with E-state index in [1.165, 1.54) is 25.7 Å². The number of guanidine groups is 1. The van der Waals surface area contributed by atoms with Crippen LogP contribution >= 0.6 is 0 Å². The summed E-state index contributed by atoms with van der Waals surface area (Å²) in [6.45, 7) is 2.11. The zero-order valence-corrected chi connectivity index (χ0v) is 10.00. The Morgan fingerprint density at radius 2 is 1.81 bits per heavy atom. The van der Waals surface area contributed by atoms with E-state index in [1.807, 2.05) is 0 Å². The molecule has 0 heterocycles. The summed E-state index contributed by atoms with van der Waals surface area (Å²) in [5.41, 5.74) is 5.23. The standard InChI is InChI=1S/C8H17N3.H2O4S/c1-6(11-8(9)10)7-4-2-3-5-7;1-5(2,3)4/h6-7H,2-5H2,1H3,(H4,9,10,11);(H2,1,2,3,4). The minimum atomic E-state index is -4.67. The molecule has 6 N–H and O–H groups in total. The van der Waals surface area contributed by atoms with Crippen molar-refractivity contribution in [2.75, 3.05) is 0 Å². The number of nitrogens with two attached hydrogens (primary N) is 1. The van der Waals surface area contributed by atoms with Gasteiger partial charge in [0.15, 0.2) is 5.96 Å². The predicted molar refractivity (Wildman–Crippen MR) is 60.6 cm³/mol. The van der Waals surface area contributed by atoms with Gasteiger partial charge in [-0.1, -0.05) is 12.8 Å². The Morgan fingerprint density at radius 1 is 1.44 bits per heavy atom. The molecular formula is C8H19N3O4S. The molecule has 1 saturated carbocycles. The van der Waals surface area contributed by atoms with Crippen LogP contribution in [0.3, 0.4) is 0 Å². The van der Waals surface area contributed by atoms with E-state index >= 15 is 0 Å². The molecule has 0 aliphatic heterocycles. The predicted octanol–water partition coefficient (Wildman–Crippen LogP) is 0.395. The second-order valence-electron chi connectivity index (χ2n) is 3.84. The van der Waals surface area contributed by atoms with Gasteiger partial charge in [-0.05, 0) is 25.7 Å². The molecule has 1 rings (SSSR count). The normalized spacial score (nSPS) is 18.4. The van der Waals surface area contributed by atoms with Crippen molar-refractivity contribution >= 4 is 16.4 Å². The monoisotopic (exact) mass is 253 g/mol. The summed E-state index contributed by atoms with van der Waals surface area (Å²) >= 11 is 0. The van der Waals surface area contributed by atoms with Crippen LogP contribution in [0.4, 0.5) is 0 Å². The molecule has 1 unspecified atom stereocenters. The molecule has 1 atom stereocenters. The van der Waals surface area contributed by atoms with Crippen LogP contribution in [0.15, 0.2) is 0 Å². The van der Waals surface area contributed by atoms with E-state index in [0.29, 0.717) is 6.04 Å². The van der Waals surface area contributed by atoms with Crippen LogP contribution in [-0.4, -0.2) is 29.5 Å². The fraction of sp³-hybridized carbons (Fsp3) is 0.875. The van der Waals surface area contributed by atoms with Gasteiger partial charge in [0, 0.05) is 6.04 Å². The SMILES string of the molecule is CC(NC(=N)N)C1CCCC1.O=S(=O)(O)O. The molecule has 0 amide bonds. The summed E-state index contributed by atoms with van der Waals surface area (Å²) < 4.78 is 31.6. The lowest BCUT2D eigenvalue weighted by Gasteiger charge is -2.19. The van der Waals surface area contributed by atoms with Gasteiger partial charge >= 0.3 is 10.4 Å². The van der Waals surface area contributed by atoms with Crippen molar-refractivity contribution < 1.29 is 17.5 Å². The van der Waals surface area contributed by atoms with Crippen LogP contribution in [0.5, 0.6) is 0 Å². The van der Waals surface area contributed by atoms with Crippen molar-refractivity contribution in [3.63, 3.8) is 0 Å². The van der Waals surface area contributed by atoms with Gasteiger partial charge in [-0.25, -0.2) is 0 Å². The molecule has 0 spiro atoms. The minimum Gasteiger partial charge on any atom is -0.370 e. The zero-order chi connectivity index (χ0) is 12.8. The second-order valence-corrected chi connectivity index (χ2v) is 4.73. The maximum Gasteiger partial charge on any atom is 0.394 e. The molecule has 16 heavy (non-hydrogen) atoms.